The van der Waals surface area contributed by atoms with Gasteiger partial charge in [-0.2, -0.15) is 20.5 Å². The standard InChI is InChI=1S/C23H25F2N5O2S/c1-15-13-17(14-29-9-11-33-12-10-29)3-8-20(15)26-22(31)21-16(2)30(28-27-21)18-4-6-19(7-5-18)32-23(24)25/h3-8,13,23H,9-12,14H2,1-2H3,(H,26,31). The largest absolute Gasteiger partial charge is 0.435 e. The van der Waals surface area contributed by atoms with Crippen LogP contribution in [0.4, 0.5) is 14.5 Å². The number of halogens is 2. The molecule has 0 atom stereocenters. The number of aryl methyl sites for hydroxylation is 1. The molecule has 2 aromatic carbocycles. The maximum absolute atomic E-state index is 12.9. The van der Waals surface area contributed by atoms with Crippen molar-refractivity contribution in [3.8, 4) is 11.4 Å². The number of nitrogens with zero attached hydrogens (tertiary/aromatic N) is 4. The van der Waals surface area contributed by atoms with E-state index in [4.69, 9.17) is 0 Å². The Bertz CT molecular complexity index is 1110. The Morgan fingerprint density at radius 1 is 1.15 bits per heavy atom. The van der Waals surface area contributed by atoms with Gasteiger partial charge in [0.25, 0.3) is 5.91 Å². The van der Waals surface area contributed by atoms with Gasteiger partial charge in [-0.05, 0) is 55.3 Å². The minimum atomic E-state index is -2.89. The average molecular weight is 474 g/mol. The van der Waals surface area contributed by atoms with Crippen LogP contribution < -0.4 is 10.1 Å². The Kier molecular flexibility index (Phi) is 7.24. The average Bonchev–Trinajstić information content (AvgIpc) is 3.18. The molecular formula is C23H25F2N5O2S. The smallest absolute Gasteiger partial charge is 0.387 e. The lowest BCUT2D eigenvalue weighted by molar-refractivity contribution is -0.0498. The van der Waals surface area contributed by atoms with Gasteiger partial charge in [0.05, 0.1) is 11.4 Å². The van der Waals surface area contributed by atoms with E-state index in [-0.39, 0.29) is 17.4 Å². The first kappa shape index (κ1) is 23.2. The van der Waals surface area contributed by atoms with Gasteiger partial charge in [-0.3, -0.25) is 9.69 Å². The fourth-order valence-electron chi connectivity index (χ4n) is 3.72. The summed E-state index contributed by atoms with van der Waals surface area (Å²) in [6, 6.07) is 12.0. The molecule has 0 bridgehead atoms. The molecule has 2 heterocycles. The molecule has 0 saturated carbocycles. The second-order valence-electron chi connectivity index (χ2n) is 7.80. The molecule has 0 unspecified atom stereocenters. The maximum atomic E-state index is 12.9. The number of nitrogens with one attached hydrogen (secondary N) is 1. The number of rotatable bonds is 7. The lowest BCUT2D eigenvalue weighted by Gasteiger charge is -2.26. The molecule has 1 aliphatic heterocycles. The maximum Gasteiger partial charge on any atom is 0.387 e. The summed E-state index contributed by atoms with van der Waals surface area (Å²) in [5, 5.41) is 11.0. The number of anilines is 1. The van der Waals surface area contributed by atoms with Crippen LogP contribution in [0.3, 0.4) is 0 Å². The van der Waals surface area contributed by atoms with E-state index in [9.17, 15) is 13.6 Å². The second kappa shape index (κ2) is 10.3. The highest BCUT2D eigenvalue weighted by atomic mass is 32.2. The predicted octanol–water partition coefficient (Wildman–Crippen LogP) is 4.29. The van der Waals surface area contributed by atoms with E-state index in [1.807, 2.05) is 30.8 Å². The van der Waals surface area contributed by atoms with Gasteiger partial charge in [0.2, 0.25) is 0 Å². The lowest BCUT2D eigenvalue weighted by Crippen LogP contribution is -2.31. The number of hydrogen-bond acceptors (Lipinski definition) is 6. The van der Waals surface area contributed by atoms with E-state index in [2.05, 4.69) is 31.3 Å². The Balaban J connectivity index is 1.44. The number of carbonyl (C=O) groups is 1. The third-order valence-electron chi connectivity index (χ3n) is 5.47. The van der Waals surface area contributed by atoms with E-state index in [0.29, 0.717) is 11.4 Å². The van der Waals surface area contributed by atoms with Crippen LogP contribution in [0.1, 0.15) is 27.3 Å². The Morgan fingerprint density at radius 3 is 2.55 bits per heavy atom. The van der Waals surface area contributed by atoms with Crippen LogP contribution in [-0.2, 0) is 6.54 Å². The first-order valence-electron chi connectivity index (χ1n) is 10.6. The topological polar surface area (TPSA) is 72.3 Å². The highest BCUT2D eigenvalue weighted by Gasteiger charge is 2.19. The quantitative estimate of drug-likeness (QED) is 0.552. The van der Waals surface area contributed by atoms with Crippen molar-refractivity contribution >= 4 is 23.4 Å². The summed E-state index contributed by atoms with van der Waals surface area (Å²) in [6.07, 6.45) is 0. The summed E-state index contributed by atoms with van der Waals surface area (Å²) in [4.78, 5) is 15.3. The van der Waals surface area contributed by atoms with Crippen molar-refractivity contribution in [2.45, 2.75) is 27.0 Å². The van der Waals surface area contributed by atoms with E-state index >= 15 is 0 Å². The molecule has 1 amide bonds. The zero-order valence-electron chi connectivity index (χ0n) is 18.4. The van der Waals surface area contributed by atoms with Gasteiger partial charge >= 0.3 is 6.61 Å². The molecule has 33 heavy (non-hydrogen) atoms. The van der Waals surface area contributed by atoms with Crippen LogP contribution in [0.25, 0.3) is 5.69 Å². The fraction of sp³-hybridized carbons (Fsp3) is 0.348. The number of alkyl halides is 2. The molecule has 0 spiro atoms. The van der Waals surface area contributed by atoms with Gasteiger partial charge in [0, 0.05) is 36.8 Å². The minimum absolute atomic E-state index is 0.0441. The van der Waals surface area contributed by atoms with E-state index in [1.54, 1.807) is 19.1 Å². The monoisotopic (exact) mass is 473 g/mol. The first-order valence-corrected chi connectivity index (χ1v) is 11.7. The zero-order valence-corrected chi connectivity index (χ0v) is 19.2. The fourth-order valence-corrected chi connectivity index (χ4v) is 4.70. The number of hydrogen-bond donors (Lipinski definition) is 1. The third kappa shape index (κ3) is 5.69. The molecule has 3 aromatic rings. The van der Waals surface area contributed by atoms with Crippen molar-refractivity contribution in [1.82, 2.24) is 19.9 Å². The second-order valence-corrected chi connectivity index (χ2v) is 9.02. The SMILES string of the molecule is Cc1cc(CN2CCSCC2)ccc1NC(=O)c1nnn(-c2ccc(OC(F)F)cc2)c1C. The summed E-state index contributed by atoms with van der Waals surface area (Å²) in [5.41, 5.74) is 4.23. The molecule has 174 valence electrons. The summed E-state index contributed by atoms with van der Waals surface area (Å²) in [7, 11) is 0. The van der Waals surface area contributed by atoms with Crippen LogP contribution in [0.15, 0.2) is 42.5 Å². The van der Waals surface area contributed by atoms with Gasteiger partial charge in [0.15, 0.2) is 5.69 Å². The molecule has 1 fully saturated rings. The molecule has 1 aromatic heterocycles. The summed E-state index contributed by atoms with van der Waals surface area (Å²) in [5.74, 6) is 2.02. The first-order chi connectivity index (χ1) is 15.9. The van der Waals surface area contributed by atoms with Crippen LogP contribution in [0, 0.1) is 13.8 Å². The number of thioether (sulfide) groups is 1. The normalized spacial score (nSPS) is 14.5. The zero-order chi connectivity index (χ0) is 23.4. The van der Waals surface area contributed by atoms with Crippen LogP contribution in [0.5, 0.6) is 5.75 Å². The predicted molar refractivity (Wildman–Crippen MR) is 124 cm³/mol. The number of amides is 1. The van der Waals surface area contributed by atoms with Crippen LogP contribution >= 0.6 is 11.8 Å². The van der Waals surface area contributed by atoms with Gasteiger partial charge in [-0.1, -0.05) is 17.3 Å². The lowest BCUT2D eigenvalue weighted by atomic mass is 10.1. The van der Waals surface area contributed by atoms with Crippen molar-refractivity contribution in [2.75, 3.05) is 29.9 Å². The van der Waals surface area contributed by atoms with Crippen molar-refractivity contribution in [3.63, 3.8) is 0 Å². The van der Waals surface area contributed by atoms with Gasteiger partial charge in [-0.25, -0.2) is 4.68 Å². The number of aromatic nitrogens is 3. The van der Waals surface area contributed by atoms with Gasteiger partial charge in [0.1, 0.15) is 5.75 Å². The summed E-state index contributed by atoms with van der Waals surface area (Å²) >= 11 is 1.99. The van der Waals surface area contributed by atoms with Crippen molar-refractivity contribution in [1.29, 1.82) is 0 Å². The van der Waals surface area contributed by atoms with Crippen LogP contribution in [0.2, 0.25) is 0 Å². The van der Waals surface area contributed by atoms with Crippen molar-refractivity contribution in [2.24, 2.45) is 0 Å². The number of benzene rings is 2. The summed E-state index contributed by atoms with van der Waals surface area (Å²) in [6.45, 7) is 3.91. The Hall–Kier alpha value is -2.98. The molecule has 0 radical (unpaired) electrons. The van der Waals surface area contributed by atoms with Crippen molar-refractivity contribution < 1.29 is 18.3 Å². The Labute approximate surface area is 195 Å². The molecular weight excluding hydrogens is 448 g/mol. The highest BCUT2D eigenvalue weighted by molar-refractivity contribution is 7.99. The number of carbonyl (C=O) groups excluding carboxylic acids is 1. The molecule has 1 aliphatic rings. The molecule has 1 N–H and O–H groups in total. The Morgan fingerprint density at radius 2 is 1.88 bits per heavy atom. The van der Waals surface area contributed by atoms with E-state index in [0.717, 1.165) is 30.9 Å². The minimum Gasteiger partial charge on any atom is -0.435 e. The summed E-state index contributed by atoms with van der Waals surface area (Å²) < 4.78 is 30.5. The molecule has 1 saturated heterocycles. The van der Waals surface area contributed by atoms with Gasteiger partial charge in [-0.15, -0.1) is 5.10 Å². The van der Waals surface area contributed by atoms with Gasteiger partial charge < -0.3 is 10.1 Å². The van der Waals surface area contributed by atoms with E-state index in [1.165, 1.54) is 33.9 Å². The van der Waals surface area contributed by atoms with Crippen molar-refractivity contribution in [3.05, 3.63) is 65.0 Å². The van der Waals surface area contributed by atoms with Crippen LogP contribution in [-0.4, -0.2) is 57.0 Å². The molecule has 10 heteroatoms. The molecule has 4 rings (SSSR count). The highest BCUT2D eigenvalue weighted by Crippen LogP contribution is 2.22. The third-order valence-corrected chi connectivity index (χ3v) is 6.41. The number of ether oxygens (including phenoxy) is 1. The van der Waals surface area contributed by atoms with E-state index < -0.39 is 6.61 Å². The molecule has 7 nitrogen and oxygen atoms in total. The molecule has 0 aliphatic carbocycles.